The summed E-state index contributed by atoms with van der Waals surface area (Å²) in [6, 6.07) is 8.02. The van der Waals surface area contributed by atoms with Crippen molar-refractivity contribution in [1.29, 1.82) is 0 Å². The highest BCUT2D eigenvalue weighted by Crippen LogP contribution is 2.24. The molecule has 0 saturated carbocycles. The van der Waals surface area contributed by atoms with Crippen LogP contribution in [-0.4, -0.2) is 38.9 Å². The number of carbonyl (C=O) groups is 1. The molecule has 1 amide bonds. The minimum absolute atomic E-state index is 0.113. The fraction of sp³-hybridized carbons (Fsp3) is 0.467. The molecule has 1 aromatic heterocycles. The molecule has 1 aliphatic heterocycles. The van der Waals surface area contributed by atoms with Crippen LogP contribution >= 0.6 is 0 Å². The third-order valence-electron chi connectivity index (χ3n) is 3.67. The van der Waals surface area contributed by atoms with Gasteiger partial charge in [0.1, 0.15) is 0 Å². The summed E-state index contributed by atoms with van der Waals surface area (Å²) < 4.78 is 0. The molecule has 1 atom stereocenters. The van der Waals surface area contributed by atoms with Gasteiger partial charge in [0.25, 0.3) is 0 Å². The van der Waals surface area contributed by atoms with Gasteiger partial charge < -0.3 is 15.2 Å². The Morgan fingerprint density at radius 3 is 2.75 bits per heavy atom. The van der Waals surface area contributed by atoms with Gasteiger partial charge in [0.15, 0.2) is 0 Å². The van der Waals surface area contributed by atoms with E-state index in [0.29, 0.717) is 6.42 Å². The smallest absolute Gasteiger partial charge is 0.225 e. The standard InChI is InChI=1S/C15H20N4O/c1-15(2,3)19-9-10(8-13(19)20)16-14-17-11-6-4-5-7-12(11)18-14/h4-7,10H,8-9H2,1-3H3,(H2,16,17,18). The normalized spacial score (nSPS) is 19.9. The molecule has 0 radical (unpaired) electrons. The van der Waals surface area contributed by atoms with Crippen molar-refractivity contribution in [3.05, 3.63) is 24.3 Å². The third kappa shape index (κ3) is 2.35. The Kier molecular flexibility index (Phi) is 2.92. The monoisotopic (exact) mass is 272 g/mol. The van der Waals surface area contributed by atoms with Crippen LogP contribution in [0.25, 0.3) is 11.0 Å². The molecule has 2 aromatic rings. The van der Waals surface area contributed by atoms with E-state index in [-0.39, 0.29) is 17.5 Å². The summed E-state index contributed by atoms with van der Waals surface area (Å²) in [5.41, 5.74) is 1.82. The zero-order chi connectivity index (χ0) is 14.3. The van der Waals surface area contributed by atoms with Crippen LogP contribution in [-0.2, 0) is 4.79 Å². The van der Waals surface area contributed by atoms with E-state index in [9.17, 15) is 4.79 Å². The van der Waals surface area contributed by atoms with Gasteiger partial charge in [0.05, 0.1) is 17.1 Å². The van der Waals surface area contributed by atoms with Crippen molar-refractivity contribution in [3.8, 4) is 0 Å². The molecule has 1 aliphatic rings. The van der Waals surface area contributed by atoms with Gasteiger partial charge in [-0.05, 0) is 32.9 Å². The van der Waals surface area contributed by atoms with Crippen LogP contribution in [0.15, 0.2) is 24.3 Å². The number of benzene rings is 1. The molecule has 0 aliphatic carbocycles. The first-order chi connectivity index (χ1) is 9.43. The quantitative estimate of drug-likeness (QED) is 0.882. The SMILES string of the molecule is CC(C)(C)N1CC(Nc2nc3ccccc3[nH]2)CC1=O. The van der Waals surface area contributed by atoms with Gasteiger partial charge in [0, 0.05) is 18.5 Å². The molecule has 0 spiro atoms. The predicted octanol–water partition coefficient (Wildman–Crippen LogP) is 2.37. The van der Waals surface area contributed by atoms with Crippen molar-refractivity contribution < 1.29 is 4.79 Å². The van der Waals surface area contributed by atoms with Crippen LogP contribution in [0.4, 0.5) is 5.95 Å². The first-order valence-electron chi connectivity index (χ1n) is 6.95. The highest BCUT2D eigenvalue weighted by Gasteiger charge is 2.36. The predicted molar refractivity (Wildman–Crippen MR) is 79.6 cm³/mol. The summed E-state index contributed by atoms with van der Waals surface area (Å²) in [5.74, 6) is 0.936. The van der Waals surface area contributed by atoms with Gasteiger partial charge in [-0.1, -0.05) is 12.1 Å². The van der Waals surface area contributed by atoms with Crippen LogP contribution in [0.5, 0.6) is 0 Å². The van der Waals surface area contributed by atoms with Gasteiger partial charge in [-0.15, -0.1) is 0 Å². The summed E-state index contributed by atoms with van der Waals surface area (Å²) in [6.45, 7) is 6.91. The van der Waals surface area contributed by atoms with E-state index in [1.165, 1.54) is 0 Å². The van der Waals surface area contributed by atoms with E-state index in [2.05, 4.69) is 36.1 Å². The number of H-pyrrole nitrogens is 1. The van der Waals surface area contributed by atoms with E-state index < -0.39 is 0 Å². The topological polar surface area (TPSA) is 61.0 Å². The number of aromatic amines is 1. The molecule has 106 valence electrons. The number of hydrogen-bond donors (Lipinski definition) is 2. The van der Waals surface area contributed by atoms with Gasteiger partial charge in [0.2, 0.25) is 11.9 Å². The van der Waals surface area contributed by atoms with E-state index in [1.54, 1.807) is 0 Å². The summed E-state index contributed by atoms with van der Waals surface area (Å²) in [4.78, 5) is 21.7. The van der Waals surface area contributed by atoms with E-state index in [0.717, 1.165) is 23.5 Å². The number of nitrogens with zero attached hydrogens (tertiary/aromatic N) is 2. The Labute approximate surface area is 118 Å². The zero-order valence-electron chi connectivity index (χ0n) is 12.1. The Morgan fingerprint density at radius 1 is 1.35 bits per heavy atom. The Balaban J connectivity index is 1.74. The Bertz CT molecular complexity index is 608. The highest BCUT2D eigenvalue weighted by molar-refractivity contribution is 5.81. The number of carbonyl (C=O) groups excluding carboxylic acids is 1. The van der Waals surface area contributed by atoms with Crippen molar-refractivity contribution in [1.82, 2.24) is 14.9 Å². The number of amides is 1. The van der Waals surface area contributed by atoms with Gasteiger partial charge in [-0.25, -0.2) is 4.98 Å². The van der Waals surface area contributed by atoms with E-state index >= 15 is 0 Å². The molecule has 3 rings (SSSR count). The molecule has 5 heteroatoms. The Morgan fingerprint density at radius 2 is 2.10 bits per heavy atom. The number of rotatable bonds is 2. The minimum atomic E-state index is -0.124. The summed E-state index contributed by atoms with van der Waals surface area (Å²) in [5, 5.41) is 3.33. The van der Waals surface area contributed by atoms with Crippen LogP contribution < -0.4 is 5.32 Å². The summed E-state index contributed by atoms with van der Waals surface area (Å²) in [6.07, 6.45) is 0.522. The lowest BCUT2D eigenvalue weighted by molar-refractivity contribution is -0.131. The average molecular weight is 272 g/mol. The summed E-state index contributed by atoms with van der Waals surface area (Å²) >= 11 is 0. The molecule has 5 nitrogen and oxygen atoms in total. The summed E-state index contributed by atoms with van der Waals surface area (Å²) in [7, 11) is 0. The Hall–Kier alpha value is -2.04. The van der Waals surface area contributed by atoms with E-state index in [4.69, 9.17) is 0 Å². The van der Waals surface area contributed by atoms with Crippen molar-refractivity contribution in [2.75, 3.05) is 11.9 Å². The third-order valence-corrected chi connectivity index (χ3v) is 3.67. The molecule has 1 fully saturated rings. The molecule has 2 N–H and O–H groups in total. The molecule has 1 saturated heterocycles. The van der Waals surface area contributed by atoms with Gasteiger partial charge in [-0.2, -0.15) is 0 Å². The number of nitrogens with one attached hydrogen (secondary N) is 2. The molecule has 0 bridgehead atoms. The number of fused-ring (bicyclic) bond motifs is 1. The van der Waals surface area contributed by atoms with Crippen molar-refractivity contribution in [3.63, 3.8) is 0 Å². The van der Waals surface area contributed by atoms with Gasteiger partial charge in [-0.3, -0.25) is 4.79 Å². The van der Waals surface area contributed by atoms with E-state index in [1.807, 2.05) is 29.2 Å². The molecular weight excluding hydrogens is 252 g/mol. The van der Waals surface area contributed by atoms with Crippen molar-refractivity contribution in [2.45, 2.75) is 38.8 Å². The van der Waals surface area contributed by atoms with Crippen molar-refractivity contribution >= 4 is 22.9 Å². The van der Waals surface area contributed by atoms with Crippen molar-refractivity contribution in [2.24, 2.45) is 0 Å². The number of hydrogen-bond acceptors (Lipinski definition) is 3. The number of aromatic nitrogens is 2. The fourth-order valence-corrected chi connectivity index (χ4v) is 2.67. The fourth-order valence-electron chi connectivity index (χ4n) is 2.67. The first kappa shape index (κ1) is 13.0. The van der Waals surface area contributed by atoms with Crippen LogP contribution in [0.3, 0.4) is 0 Å². The maximum atomic E-state index is 12.0. The highest BCUT2D eigenvalue weighted by atomic mass is 16.2. The molecule has 1 unspecified atom stereocenters. The molecule has 1 aromatic carbocycles. The molecule has 2 heterocycles. The maximum Gasteiger partial charge on any atom is 0.225 e. The second-order valence-electron chi connectivity index (χ2n) is 6.32. The number of para-hydroxylation sites is 2. The first-order valence-corrected chi connectivity index (χ1v) is 6.95. The molecule has 20 heavy (non-hydrogen) atoms. The lowest BCUT2D eigenvalue weighted by Crippen LogP contribution is -2.43. The second kappa shape index (κ2) is 4.51. The lowest BCUT2D eigenvalue weighted by atomic mass is 10.1. The number of anilines is 1. The largest absolute Gasteiger partial charge is 0.351 e. The van der Waals surface area contributed by atoms with Crippen LogP contribution in [0.1, 0.15) is 27.2 Å². The molecular formula is C15H20N4O. The second-order valence-corrected chi connectivity index (χ2v) is 6.32. The van der Waals surface area contributed by atoms with Gasteiger partial charge >= 0.3 is 0 Å². The lowest BCUT2D eigenvalue weighted by Gasteiger charge is -2.32. The average Bonchev–Trinajstić information content (AvgIpc) is 2.91. The van der Waals surface area contributed by atoms with Crippen LogP contribution in [0.2, 0.25) is 0 Å². The minimum Gasteiger partial charge on any atom is -0.351 e. The zero-order valence-corrected chi connectivity index (χ0v) is 12.1. The van der Waals surface area contributed by atoms with Crippen LogP contribution in [0, 0.1) is 0 Å². The number of imidazole rings is 1. The number of likely N-dealkylation sites (tertiary alicyclic amines) is 1. The maximum absolute atomic E-state index is 12.0.